The largest absolute Gasteiger partial charge is 0.478 e. The quantitative estimate of drug-likeness (QED) is 0.123. The van der Waals surface area contributed by atoms with Crippen molar-refractivity contribution in [2.75, 3.05) is 6.54 Å². The molecule has 0 saturated heterocycles. The summed E-state index contributed by atoms with van der Waals surface area (Å²) in [5.74, 6) is -0.393. The standard InChI is InChI=1S/C21H37N6O2/c1-2-3-9-17(22)10-6-4-5-7-11-18(27-19-12-8-13-25-19)16(14-20(28)29)15-26-21(23)24/h8,12-14,17-18,25H,2-7,9-11,15,22H2,1H3,(H,28,29)(H4,23,24,26)/q-1. The number of H-pyrrole nitrogens is 1. The Morgan fingerprint density at radius 1 is 1.21 bits per heavy atom. The summed E-state index contributed by atoms with van der Waals surface area (Å²) in [6.07, 6.45) is 12.5. The number of hydrogen-bond acceptors (Lipinski definition) is 3. The average Bonchev–Trinajstić information content (AvgIpc) is 3.18. The van der Waals surface area contributed by atoms with E-state index in [1.165, 1.54) is 12.8 Å². The van der Waals surface area contributed by atoms with Crippen molar-refractivity contribution < 1.29 is 9.90 Å². The van der Waals surface area contributed by atoms with Gasteiger partial charge in [-0.3, -0.25) is 0 Å². The fourth-order valence-corrected chi connectivity index (χ4v) is 3.20. The summed E-state index contributed by atoms with van der Waals surface area (Å²) in [5.41, 5.74) is 17.6. The highest BCUT2D eigenvalue weighted by Gasteiger charge is 2.12. The molecule has 0 fully saturated rings. The van der Waals surface area contributed by atoms with Crippen LogP contribution in [0.2, 0.25) is 0 Å². The van der Waals surface area contributed by atoms with E-state index in [4.69, 9.17) is 17.2 Å². The van der Waals surface area contributed by atoms with Crippen LogP contribution >= 0.6 is 0 Å². The van der Waals surface area contributed by atoms with E-state index in [-0.39, 0.29) is 18.5 Å². The zero-order valence-electron chi connectivity index (χ0n) is 17.5. The second-order valence-corrected chi connectivity index (χ2v) is 7.39. The molecule has 8 nitrogen and oxygen atoms in total. The molecule has 0 aliphatic heterocycles. The minimum Gasteiger partial charge on any atom is -0.478 e. The van der Waals surface area contributed by atoms with Crippen molar-refractivity contribution in [3.63, 3.8) is 0 Å². The van der Waals surface area contributed by atoms with Crippen LogP contribution in [-0.2, 0) is 4.79 Å². The van der Waals surface area contributed by atoms with Gasteiger partial charge in [0.1, 0.15) is 0 Å². The van der Waals surface area contributed by atoms with Crippen molar-refractivity contribution >= 4 is 17.7 Å². The molecule has 0 saturated carbocycles. The number of nitrogens with one attached hydrogen (secondary N) is 1. The maximum atomic E-state index is 11.3. The van der Waals surface area contributed by atoms with Crippen LogP contribution in [0.5, 0.6) is 0 Å². The molecule has 8 N–H and O–H groups in total. The third-order valence-corrected chi connectivity index (χ3v) is 4.79. The zero-order chi connectivity index (χ0) is 21.5. The number of carboxylic acid groups (broad SMARTS) is 1. The molecule has 1 heterocycles. The molecule has 8 heteroatoms. The Bertz CT molecular complexity index is 623. The molecule has 0 aliphatic rings. The number of unbranched alkanes of at least 4 members (excludes halogenated alkanes) is 4. The van der Waals surface area contributed by atoms with Crippen LogP contribution in [0.1, 0.15) is 64.7 Å². The maximum Gasteiger partial charge on any atom is 0.328 e. The molecular weight excluding hydrogens is 368 g/mol. The second-order valence-electron chi connectivity index (χ2n) is 7.39. The Labute approximate surface area is 174 Å². The zero-order valence-corrected chi connectivity index (χ0v) is 17.5. The van der Waals surface area contributed by atoms with E-state index in [9.17, 15) is 9.90 Å². The molecule has 1 aromatic heterocycles. The molecule has 0 aliphatic carbocycles. The third kappa shape index (κ3) is 11.8. The number of aromatic nitrogens is 1. The molecule has 2 unspecified atom stereocenters. The van der Waals surface area contributed by atoms with E-state index in [0.29, 0.717) is 17.4 Å². The predicted molar refractivity (Wildman–Crippen MR) is 119 cm³/mol. The number of hydrogen-bond donors (Lipinski definition) is 5. The predicted octanol–water partition coefficient (Wildman–Crippen LogP) is 3.53. The van der Waals surface area contributed by atoms with Crippen LogP contribution in [0.25, 0.3) is 5.32 Å². The number of aliphatic imine (C=N–C) groups is 1. The molecule has 2 atom stereocenters. The summed E-state index contributed by atoms with van der Waals surface area (Å²) < 4.78 is 0. The van der Waals surface area contributed by atoms with E-state index in [2.05, 4.69) is 22.2 Å². The molecule has 1 rings (SSSR count). The number of aliphatic carboxylic acids is 1. The van der Waals surface area contributed by atoms with Gasteiger partial charge in [0.25, 0.3) is 0 Å². The number of carbonyl (C=O) groups is 1. The smallest absolute Gasteiger partial charge is 0.328 e. The molecule has 29 heavy (non-hydrogen) atoms. The van der Waals surface area contributed by atoms with E-state index < -0.39 is 5.97 Å². The van der Waals surface area contributed by atoms with Crippen molar-refractivity contribution in [3.8, 4) is 0 Å². The SMILES string of the molecule is CCCCC(N)CCCCCCC([N-]c1ccc[nH]1)C(=CC(=O)O)CN=C(N)N. The number of nitrogens with zero attached hydrogens (tertiary/aromatic N) is 2. The van der Waals surface area contributed by atoms with Gasteiger partial charge in [0.15, 0.2) is 5.96 Å². The van der Waals surface area contributed by atoms with Crippen LogP contribution in [-0.4, -0.2) is 40.6 Å². The van der Waals surface area contributed by atoms with Gasteiger partial charge in [-0.05, 0) is 30.9 Å². The van der Waals surface area contributed by atoms with E-state index in [0.717, 1.165) is 51.0 Å². The van der Waals surface area contributed by atoms with Crippen LogP contribution in [0.4, 0.5) is 5.82 Å². The molecule has 0 radical (unpaired) electrons. The van der Waals surface area contributed by atoms with Gasteiger partial charge in [0.2, 0.25) is 0 Å². The molecule has 0 amide bonds. The van der Waals surface area contributed by atoms with Crippen LogP contribution in [0, 0.1) is 0 Å². The van der Waals surface area contributed by atoms with E-state index >= 15 is 0 Å². The Kier molecular flexibility index (Phi) is 12.3. The first-order valence-corrected chi connectivity index (χ1v) is 10.5. The van der Waals surface area contributed by atoms with Gasteiger partial charge < -0.3 is 32.6 Å². The van der Waals surface area contributed by atoms with E-state index in [1.807, 2.05) is 12.1 Å². The van der Waals surface area contributed by atoms with Crippen molar-refractivity contribution in [1.29, 1.82) is 0 Å². The van der Waals surface area contributed by atoms with Crippen molar-refractivity contribution in [1.82, 2.24) is 4.98 Å². The van der Waals surface area contributed by atoms with Crippen LogP contribution in [0.3, 0.4) is 0 Å². The summed E-state index contributed by atoms with van der Waals surface area (Å²) in [7, 11) is 0. The minimum absolute atomic E-state index is 0.0701. The summed E-state index contributed by atoms with van der Waals surface area (Å²) in [6.45, 7) is 2.30. The van der Waals surface area contributed by atoms with Crippen molar-refractivity contribution in [2.24, 2.45) is 22.2 Å². The Morgan fingerprint density at radius 3 is 2.48 bits per heavy atom. The molecule has 1 aromatic rings. The fourth-order valence-electron chi connectivity index (χ4n) is 3.20. The lowest BCUT2D eigenvalue weighted by molar-refractivity contribution is -0.131. The number of aromatic amines is 1. The lowest BCUT2D eigenvalue weighted by Gasteiger charge is -2.27. The van der Waals surface area contributed by atoms with Crippen molar-refractivity contribution in [2.45, 2.75) is 76.8 Å². The first-order chi connectivity index (χ1) is 13.9. The molecule has 164 valence electrons. The molecule has 0 spiro atoms. The van der Waals surface area contributed by atoms with Crippen molar-refractivity contribution in [3.05, 3.63) is 35.3 Å². The highest BCUT2D eigenvalue weighted by atomic mass is 16.4. The lowest BCUT2D eigenvalue weighted by atomic mass is 9.98. The second kappa shape index (κ2) is 14.5. The van der Waals surface area contributed by atoms with Crippen LogP contribution < -0.4 is 17.2 Å². The van der Waals surface area contributed by atoms with E-state index in [1.54, 1.807) is 6.20 Å². The summed E-state index contributed by atoms with van der Waals surface area (Å²) in [5, 5.41) is 13.9. The first-order valence-electron chi connectivity index (χ1n) is 10.5. The number of rotatable bonds is 16. The maximum absolute atomic E-state index is 11.3. The third-order valence-electron chi connectivity index (χ3n) is 4.79. The van der Waals surface area contributed by atoms with Gasteiger partial charge in [0.05, 0.1) is 6.54 Å². The van der Waals surface area contributed by atoms with Gasteiger partial charge in [-0.15, -0.1) is 0 Å². The van der Waals surface area contributed by atoms with Gasteiger partial charge in [-0.1, -0.05) is 69.6 Å². The van der Waals surface area contributed by atoms with Gasteiger partial charge in [-0.2, -0.15) is 0 Å². The first kappa shape index (κ1) is 24.6. The minimum atomic E-state index is -1.03. The average molecular weight is 406 g/mol. The number of nitrogens with two attached hydrogens (primary N) is 3. The Balaban J connectivity index is 2.58. The van der Waals surface area contributed by atoms with Gasteiger partial charge in [-0.25, -0.2) is 9.79 Å². The summed E-state index contributed by atoms with van der Waals surface area (Å²) in [6, 6.07) is 3.72. The topological polar surface area (TPSA) is 158 Å². The Morgan fingerprint density at radius 2 is 1.90 bits per heavy atom. The molecule has 0 bridgehead atoms. The van der Waals surface area contributed by atoms with Gasteiger partial charge >= 0.3 is 5.97 Å². The highest BCUT2D eigenvalue weighted by Crippen LogP contribution is 2.27. The number of guanidine groups is 1. The lowest BCUT2D eigenvalue weighted by Crippen LogP contribution is -2.24. The Hall–Kier alpha value is -2.48. The fraction of sp³-hybridized carbons (Fsp3) is 0.619. The summed E-state index contributed by atoms with van der Waals surface area (Å²) >= 11 is 0. The van der Waals surface area contributed by atoms with Gasteiger partial charge in [0, 0.05) is 12.1 Å². The van der Waals surface area contributed by atoms with Crippen LogP contribution in [0.15, 0.2) is 35.0 Å². The normalized spacial score (nSPS) is 13.7. The highest BCUT2D eigenvalue weighted by molar-refractivity contribution is 5.81. The molecular formula is C21H37N6O2-. The monoisotopic (exact) mass is 405 g/mol. The number of carboxylic acids is 1. The molecule has 0 aromatic carbocycles. The summed E-state index contributed by atoms with van der Waals surface area (Å²) in [4.78, 5) is 18.3.